The molecule has 0 spiro atoms. The number of carbonyl (C=O) groups is 4. The SMILES string of the molecule is CCCCCCCCCCCCCCCCCCCCCCCC(=O)O[C@H](COC(=O)CCCCCCCCCCCCCCC)COP(=O)(O)OC[C@@H](O)COP(=O)(O)OC[C@@H](COC(=O)CCCCCCCCCCC)OC(=O)CCCCCCCCCCCC. The number of aliphatic hydroxyl groups is 1. The van der Waals surface area contributed by atoms with E-state index in [1.165, 1.54) is 225 Å². The molecule has 0 radical (unpaired) electrons. The van der Waals surface area contributed by atoms with Crippen LogP contribution in [0.3, 0.4) is 0 Å². The van der Waals surface area contributed by atoms with Crippen molar-refractivity contribution in [2.75, 3.05) is 39.6 Å². The monoisotopic (exact) mass is 1370 g/mol. The molecule has 19 heteroatoms. The van der Waals surface area contributed by atoms with E-state index in [1.807, 2.05) is 0 Å². The minimum Gasteiger partial charge on any atom is -0.462 e. The Morgan fingerprint density at radius 2 is 0.430 bits per heavy atom. The van der Waals surface area contributed by atoms with E-state index in [2.05, 4.69) is 27.7 Å². The third-order valence-electron chi connectivity index (χ3n) is 17.4. The number of aliphatic hydroxyl groups excluding tert-OH is 1. The normalized spacial score (nSPS) is 13.9. The predicted molar refractivity (Wildman–Crippen MR) is 377 cm³/mol. The molecule has 93 heavy (non-hydrogen) atoms. The minimum atomic E-state index is -4.95. The summed E-state index contributed by atoms with van der Waals surface area (Å²) in [7, 11) is -9.90. The van der Waals surface area contributed by atoms with Crippen molar-refractivity contribution in [3.05, 3.63) is 0 Å². The summed E-state index contributed by atoms with van der Waals surface area (Å²) in [4.78, 5) is 72.6. The molecule has 0 bridgehead atoms. The average molecular weight is 1370 g/mol. The van der Waals surface area contributed by atoms with E-state index in [0.29, 0.717) is 25.7 Å². The molecular formula is C74H144O17P2. The highest BCUT2D eigenvalue weighted by Crippen LogP contribution is 2.45. The largest absolute Gasteiger partial charge is 0.472 e. The Kier molecular flexibility index (Phi) is 67.1. The van der Waals surface area contributed by atoms with E-state index in [4.69, 9.17) is 37.0 Å². The summed E-state index contributed by atoms with van der Waals surface area (Å²) in [6, 6.07) is 0. The van der Waals surface area contributed by atoms with Gasteiger partial charge in [0.1, 0.15) is 19.3 Å². The Labute approximate surface area is 568 Å². The van der Waals surface area contributed by atoms with Gasteiger partial charge in [-0.2, -0.15) is 0 Å². The van der Waals surface area contributed by atoms with Gasteiger partial charge in [0.15, 0.2) is 12.2 Å². The van der Waals surface area contributed by atoms with Crippen molar-refractivity contribution in [1.82, 2.24) is 0 Å². The second-order valence-corrected chi connectivity index (χ2v) is 29.6. The molecule has 3 N–H and O–H groups in total. The van der Waals surface area contributed by atoms with E-state index in [0.717, 1.165) is 89.9 Å². The molecule has 0 saturated carbocycles. The van der Waals surface area contributed by atoms with Crippen LogP contribution in [0.2, 0.25) is 0 Å². The first-order valence-electron chi connectivity index (χ1n) is 38.8. The van der Waals surface area contributed by atoms with Crippen LogP contribution in [-0.2, 0) is 65.4 Å². The lowest BCUT2D eigenvalue weighted by atomic mass is 10.0. The highest BCUT2D eigenvalue weighted by atomic mass is 31.2. The van der Waals surface area contributed by atoms with Crippen LogP contribution < -0.4 is 0 Å². The number of rotatable bonds is 75. The molecule has 0 aromatic carbocycles. The Morgan fingerprint density at radius 3 is 0.634 bits per heavy atom. The summed E-state index contributed by atoms with van der Waals surface area (Å²) >= 11 is 0. The second-order valence-electron chi connectivity index (χ2n) is 26.7. The first-order valence-corrected chi connectivity index (χ1v) is 41.8. The predicted octanol–water partition coefficient (Wildman–Crippen LogP) is 21.8. The molecule has 0 amide bonds. The van der Waals surface area contributed by atoms with Crippen molar-refractivity contribution in [1.29, 1.82) is 0 Å². The number of ether oxygens (including phenoxy) is 4. The van der Waals surface area contributed by atoms with Gasteiger partial charge in [0.05, 0.1) is 26.4 Å². The number of phosphoric acid groups is 2. The minimum absolute atomic E-state index is 0.107. The van der Waals surface area contributed by atoms with E-state index >= 15 is 0 Å². The van der Waals surface area contributed by atoms with E-state index in [9.17, 15) is 43.2 Å². The molecule has 2 unspecified atom stereocenters. The Balaban J connectivity index is 5.16. The maximum atomic E-state index is 13.1. The Morgan fingerprint density at radius 1 is 0.258 bits per heavy atom. The lowest BCUT2D eigenvalue weighted by molar-refractivity contribution is -0.161. The quantitative estimate of drug-likeness (QED) is 0.0222. The Bertz CT molecular complexity index is 1770. The molecule has 0 aliphatic heterocycles. The number of carbonyl (C=O) groups excluding carboxylic acids is 4. The van der Waals surface area contributed by atoms with Gasteiger partial charge in [0, 0.05) is 25.7 Å². The maximum Gasteiger partial charge on any atom is 0.472 e. The molecule has 0 fully saturated rings. The molecule has 0 aliphatic carbocycles. The van der Waals surface area contributed by atoms with Gasteiger partial charge in [-0.15, -0.1) is 0 Å². The van der Waals surface area contributed by atoms with Crippen molar-refractivity contribution in [2.45, 2.75) is 412 Å². The molecular weight excluding hydrogens is 1220 g/mol. The van der Waals surface area contributed by atoms with Crippen LogP contribution in [0.15, 0.2) is 0 Å². The number of phosphoric ester groups is 2. The molecule has 0 rings (SSSR count). The fraction of sp³-hybridized carbons (Fsp3) is 0.946. The molecule has 0 saturated heterocycles. The van der Waals surface area contributed by atoms with E-state index in [1.54, 1.807) is 0 Å². The smallest absolute Gasteiger partial charge is 0.462 e. The number of hydrogen-bond donors (Lipinski definition) is 3. The zero-order valence-corrected chi connectivity index (χ0v) is 62.0. The van der Waals surface area contributed by atoms with Crippen molar-refractivity contribution >= 4 is 39.5 Å². The summed E-state index contributed by atoms with van der Waals surface area (Å²) in [6.45, 7) is 4.95. The summed E-state index contributed by atoms with van der Waals surface area (Å²) in [5.74, 6) is -2.12. The second kappa shape index (κ2) is 68.6. The van der Waals surface area contributed by atoms with Gasteiger partial charge in [-0.05, 0) is 25.7 Å². The zero-order valence-electron chi connectivity index (χ0n) is 60.2. The van der Waals surface area contributed by atoms with Crippen molar-refractivity contribution in [2.24, 2.45) is 0 Å². The van der Waals surface area contributed by atoms with E-state index in [-0.39, 0.29) is 25.7 Å². The first-order chi connectivity index (χ1) is 45.2. The lowest BCUT2D eigenvalue weighted by Crippen LogP contribution is -2.30. The van der Waals surface area contributed by atoms with Gasteiger partial charge < -0.3 is 33.8 Å². The van der Waals surface area contributed by atoms with Crippen LogP contribution in [0.5, 0.6) is 0 Å². The lowest BCUT2D eigenvalue weighted by Gasteiger charge is -2.21. The standard InChI is InChI=1S/C74H144O17P2/c1-5-9-13-17-21-25-28-30-31-32-33-34-35-36-37-39-41-45-49-53-57-61-74(79)91-70(65-85-72(77)59-55-51-47-44-40-38-29-26-22-18-14-10-6-2)67-89-93(82,83)87-63-68(75)62-86-92(80,81)88-66-69(64-84-71(76)58-54-50-46-42-24-20-16-12-8-4)90-73(78)60-56-52-48-43-27-23-19-15-11-7-3/h68-70,75H,5-67H2,1-4H3,(H,80,81)(H,82,83)/t68-,69+,70+/m0/s1. The van der Waals surface area contributed by atoms with Crippen molar-refractivity contribution in [3.8, 4) is 0 Å². The highest BCUT2D eigenvalue weighted by Gasteiger charge is 2.30. The van der Waals surface area contributed by atoms with Crippen LogP contribution in [0.25, 0.3) is 0 Å². The first kappa shape index (κ1) is 91.1. The van der Waals surface area contributed by atoms with Crippen LogP contribution in [0, 0.1) is 0 Å². The fourth-order valence-corrected chi connectivity index (χ4v) is 13.0. The van der Waals surface area contributed by atoms with Crippen LogP contribution >= 0.6 is 15.6 Å². The third kappa shape index (κ3) is 68.4. The fourth-order valence-electron chi connectivity index (χ4n) is 11.4. The zero-order chi connectivity index (χ0) is 68.2. The molecule has 5 atom stereocenters. The summed E-state index contributed by atoms with van der Waals surface area (Å²) in [5, 5.41) is 10.6. The number of hydrogen-bond acceptors (Lipinski definition) is 15. The van der Waals surface area contributed by atoms with Crippen LogP contribution in [-0.4, -0.2) is 96.7 Å². The van der Waals surface area contributed by atoms with Crippen molar-refractivity contribution < 1.29 is 80.2 Å². The van der Waals surface area contributed by atoms with Crippen molar-refractivity contribution in [3.63, 3.8) is 0 Å². The van der Waals surface area contributed by atoms with Crippen LogP contribution in [0.1, 0.15) is 394 Å². The molecule has 0 aromatic rings. The molecule has 0 aromatic heterocycles. The van der Waals surface area contributed by atoms with E-state index < -0.39 is 97.5 Å². The van der Waals surface area contributed by atoms with Gasteiger partial charge >= 0.3 is 39.5 Å². The van der Waals surface area contributed by atoms with Gasteiger partial charge in [0.25, 0.3) is 0 Å². The van der Waals surface area contributed by atoms with Gasteiger partial charge in [-0.3, -0.25) is 37.3 Å². The Hall–Kier alpha value is -1.94. The molecule has 17 nitrogen and oxygen atoms in total. The van der Waals surface area contributed by atoms with Gasteiger partial charge in [-0.1, -0.05) is 342 Å². The molecule has 0 aliphatic rings. The topological polar surface area (TPSA) is 237 Å². The number of unbranched alkanes of at least 4 members (excludes halogenated alkanes) is 49. The van der Waals surface area contributed by atoms with Gasteiger partial charge in [0.2, 0.25) is 0 Å². The maximum absolute atomic E-state index is 13.1. The third-order valence-corrected chi connectivity index (χ3v) is 19.3. The molecule has 0 heterocycles. The number of esters is 4. The summed E-state index contributed by atoms with van der Waals surface area (Å²) < 4.78 is 68.3. The molecule has 552 valence electrons. The highest BCUT2D eigenvalue weighted by molar-refractivity contribution is 7.47. The summed E-state index contributed by atoms with van der Waals surface area (Å²) in [6.07, 6.45) is 58.3. The average Bonchev–Trinajstić information content (AvgIpc) is 3.71. The van der Waals surface area contributed by atoms with Gasteiger partial charge in [-0.25, -0.2) is 9.13 Å². The van der Waals surface area contributed by atoms with Crippen LogP contribution in [0.4, 0.5) is 0 Å². The summed E-state index contributed by atoms with van der Waals surface area (Å²) in [5.41, 5.74) is 0.